The lowest BCUT2D eigenvalue weighted by molar-refractivity contribution is -0.137. The number of benzene rings is 3. The number of halogens is 3. The van der Waals surface area contributed by atoms with Gasteiger partial charge in [-0.05, 0) is 71.8 Å². The zero-order chi connectivity index (χ0) is 29.1. The van der Waals surface area contributed by atoms with Crippen LogP contribution in [0.1, 0.15) is 38.9 Å². The van der Waals surface area contributed by atoms with E-state index in [1.165, 1.54) is 12.3 Å². The molecule has 41 heavy (non-hydrogen) atoms. The van der Waals surface area contributed by atoms with Crippen LogP contribution in [-0.2, 0) is 30.4 Å². The molecule has 0 bridgehead atoms. The Labute approximate surface area is 235 Å². The van der Waals surface area contributed by atoms with Gasteiger partial charge in [0.25, 0.3) is 0 Å². The van der Waals surface area contributed by atoms with E-state index in [-0.39, 0.29) is 18.5 Å². The lowest BCUT2D eigenvalue weighted by atomic mass is 9.92. The number of rotatable bonds is 8. The van der Waals surface area contributed by atoms with Gasteiger partial charge >= 0.3 is 12.1 Å². The highest BCUT2D eigenvalue weighted by Gasteiger charge is 2.33. The molecule has 5 nitrogen and oxygen atoms in total. The fourth-order valence-electron chi connectivity index (χ4n) is 5.01. The summed E-state index contributed by atoms with van der Waals surface area (Å²) in [5.41, 5.74) is 5.27. The quantitative estimate of drug-likeness (QED) is 0.212. The Morgan fingerprint density at radius 2 is 1.66 bits per heavy atom. The number of pyridine rings is 2. The SMILES string of the molecule is Cc1cc(OCc2cncc(-c3c(Cc4ccccc4)cnc4c(C(F)(F)F)cccc34)c2)c(C)cc1CC(=O)O. The number of alkyl halides is 3. The van der Waals surface area contributed by atoms with Crippen LogP contribution >= 0.6 is 0 Å². The van der Waals surface area contributed by atoms with Crippen molar-refractivity contribution in [2.75, 3.05) is 0 Å². The van der Waals surface area contributed by atoms with E-state index in [9.17, 15) is 18.0 Å². The smallest absolute Gasteiger partial charge is 0.418 e. The van der Waals surface area contributed by atoms with Gasteiger partial charge in [0.15, 0.2) is 0 Å². The molecule has 0 spiro atoms. The Bertz CT molecular complexity index is 1730. The van der Waals surface area contributed by atoms with Crippen molar-refractivity contribution in [1.29, 1.82) is 0 Å². The lowest BCUT2D eigenvalue weighted by Gasteiger charge is -2.17. The summed E-state index contributed by atoms with van der Waals surface area (Å²) in [7, 11) is 0. The van der Waals surface area contributed by atoms with Crippen LogP contribution in [-0.4, -0.2) is 21.0 Å². The highest BCUT2D eigenvalue weighted by Crippen LogP contribution is 2.39. The molecule has 5 aromatic rings. The van der Waals surface area contributed by atoms with Crippen LogP contribution in [0.25, 0.3) is 22.0 Å². The van der Waals surface area contributed by atoms with Gasteiger partial charge in [0.2, 0.25) is 0 Å². The van der Waals surface area contributed by atoms with Crippen molar-refractivity contribution in [3.8, 4) is 16.9 Å². The summed E-state index contributed by atoms with van der Waals surface area (Å²) in [6, 6.07) is 19.3. The molecule has 0 fully saturated rings. The summed E-state index contributed by atoms with van der Waals surface area (Å²) in [5.74, 6) is -0.280. The van der Waals surface area contributed by atoms with Gasteiger partial charge in [-0.1, -0.05) is 48.5 Å². The average Bonchev–Trinajstić information content (AvgIpc) is 2.93. The molecule has 0 radical (unpaired) electrons. The fourth-order valence-corrected chi connectivity index (χ4v) is 5.01. The zero-order valence-corrected chi connectivity index (χ0v) is 22.5. The molecule has 0 unspecified atom stereocenters. The number of nitrogens with zero attached hydrogens (tertiary/aromatic N) is 2. The van der Waals surface area contributed by atoms with E-state index in [1.807, 2.05) is 62.4 Å². The number of carboxylic acids is 1. The number of aryl methyl sites for hydroxylation is 2. The third-order valence-corrected chi connectivity index (χ3v) is 6.97. The molecule has 208 valence electrons. The largest absolute Gasteiger partial charge is 0.489 e. The van der Waals surface area contributed by atoms with Gasteiger partial charge in [0, 0.05) is 35.1 Å². The van der Waals surface area contributed by atoms with Gasteiger partial charge in [-0.3, -0.25) is 14.8 Å². The Hall–Kier alpha value is -4.72. The monoisotopic (exact) mass is 556 g/mol. The molecule has 5 rings (SSSR count). The molecular weight excluding hydrogens is 529 g/mol. The molecule has 0 saturated heterocycles. The third kappa shape index (κ3) is 6.22. The number of carboxylic acid groups (broad SMARTS) is 1. The second-order valence-electron chi connectivity index (χ2n) is 10.0. The van der Waals surface area contributed by atoms with Crippen molar-refractivity contribution in [1.82, 2.24) is 9.97 Å². The Morgan fingerprint density at radius 3 is 2.39 bits per heavy atom. The van der Waals surface area contributed by atoms with Crippen LogP contribution in [0.15, 0.2) is 85.3 Å². The van der Waals surface area contributed by atoms with Gasteiger partial charge in [-0.2, -0.15) is 13.2 Å². The van der Waals surface area contributed by atoms with Crippen LogP contribution in [0.3, 0.4) is 0 Å². The molecule has 0 aliphatic carbocycles. The van der Waals surface area contributed by atoms with Crippen LogP contribution < -0.4 is 4.74 Å². The van der Waals surface area contributed by atoms with Gasteiger partial charge in [0.05, 0.1) is 17.5 Å². The molecule has 3 aromatic carbocycles. The predicted octanol–water partition coefficient (Wildman–Crippen LogP) is 7.73. The van der Waals surface area contributed by atoms with Crippen LogP contribution in [0.4, 0.5) is 13.2 Å². The van der Waals surface area contributed by atoms with E-state index >= 15 is 0 Å². The second-order valence-corrected chi connectivity index (χ2v) is 10.0. The van der Waals surface area contributed by atoms with Gasteiger partial charge in [-0.25, -0.2) is 0 Å². The van der Waals surface area contributed by atoms with Gasteiger partial charge < -0.3 is 9.84 Å². The molecule has 1 N–H and O–H groups in total. The van der Waals surface area contributed by atoms with Gasteiger partial charge in [-0.15, -0.1) is 0 Å². The number of hydrogen-bond donors (Lipinski definition) is 1. The second kappa shape index (κ2) is 11.4. The molecule has 0 aliphatic heterocycles. The minimum absolute atomic E-state index is 0.0693. The highest BCUT2D eigenvalue weighted by molar-refractivity contribution is 5.97. The van der Waals surface area contributed by atoms with E-state index in [2.05, 4.69) is 9.97 Å². The molecule has 0 saturated carbocycles. The van der Waals surface area contributed by atoms with Crippen LogP contribution in [0.2, 0.25) is 0 Å². The van der Waals surface area contributed by atoms with Crippen LogP contribution in [0.5, 0.6) is 5.75 Å². The van der Waals surface area contributed by atoms with Crippen molar-refractivity contribution < 1.29 is 27.8 Å². The number of fused-ring (bicyclic) bond motifs is 1. The number of hydrogen-bond acceptors (Lipinski definition) is 4. The first kappa shape index (κ1) is 27.8. The summed E-state index contributed by atoms with van der Waals surface area (Å²) < 4.78 is 47.7. The molecule has 8 heteroatoms. The zero-order valence-electron chi connectivity index (χ0n) is 22.5. The van der Waals surface area contributed by atoms with E-state index < -0.39 is 17.7 Å². The highest BCUT2D eigenvalue weighted by atomic mass is 19.4. The van der Waals surface area contributed by atoms with Crippen molar-refractivity contribution in [3.05, 3.63) is 124 Å². The molecular formula is C33H27F3N2O3. The van der Waals surface area contributed by atoms with E-state index in [0.29, 0.717) is 28.7 Å². The Balaban J connectivity index is 1.54. The number of para-hydroxylation sites is 1. The Morgan fingerprint density at radius 1 is 0.878 bits per heavy atom. The lowest BCUT2D eigenvalue weighted by Crippen LogP contribution is -2.07. The van der Waals surface area contributed by atoms with E-state index in [4.69, 9.17) is 9.84 Å². The van der Waals surface area contributed by atoms with Crippen molar-refractivity contribution >= 4 is 16.9 Å². The predicted molar refractivity (Wildman–Crippen MR) is 151 cm³/mol. The summed E-state index contributed by atoms with van der Waals surface area (Å²) in [5, 5.41) is 9.55. The number of aromatic nitrogens is 2. The normalized spacial score (nSPS) is 11.5. The maximum atomic E-state index is 13.9. The van der Waals surface area contributed by atoms with E-state index in [0.717, 1.165) is 39.4 Å². The molecule has 2 heterocycles. The number of aliphatic carboxylic acids is 1. The van der Waals surface area contributed by atoms with Crippen molar-refractivity contribution in [2.24, 2.45) is 0 Å². The third-order valence-electron chi connectivity index (χ3n) is 6.97. The van der Waals surface area contributed by atoms with Crippen LogP contribution in [0, 0.1) is 13.8 Å². The van der Waals surface area contributed by atoms with Gasteiger partial charge in [0.1, 0.15) is 12.4 Å². The molecule has 0 atom stereocenters. The topological polar surface area (TPSA) is 72.3 Å². The Kier molecular flexibility index (Phi) is 7.75. The maximum absolute atomic E-state index is 13.9. The molecule has 0 amide bonds. The molecule has 2 aromatic heterocycles. The summed E-state index contributed by atoms with van der Waals surface area (Å²) in [6.07, 6.45) is 0.689. The summed E-state index contributed by atoms with van der Waals surface area (Å²) in [4.78, 5) is 19.8. The first-order valence-corrected chi connectivity index (χ1v) is 13.0. The fraction of sp³-hybridized carbons (Fsp3) is 0.182. The minimum Gasteiger partial charge on any atom is -0.489 e. The summed E-state index contributed by atoms with van der Waals surface area (Å²) >= 11 is 0. The maximum Gasteiger partial charge on any atom is 0.418 e. The minimum atomic E-state index is -4.55. The molecule has 0 aliphatic rings. The average molecular weight is 557 g/mol. The van der Waals surface area contributed by atoms with Crippen molar-refractivity contribution in [3.63, 3.8) is 0 Å². The first-order chi connectivity index (χ1) is 19.6. The number of ether oxygens (including phenoxy) is 1. The first-order valence-electron chi connectivity index (χ1n) is 13.0. The summed E-state index contributed by atoms with van der Waals surface area (Å²) in [6.45, 7) is 3.86. The van der Waals surface area contributed by atoms with E-state index in [1.54, 1.807) is 18.5 Å². The standard InChI is InChI=1S/C33H27F3N2O3/c1-20-12-29(21(2)11-24(20)15-30(39)40)41-19-23-14-25(17-37-16-23)31-26(13-22-7-4-3-5-8-22)18-38-32-27(31)9-6-10-28(32)33(34,35)36/h3-12,14,16-18H,13,15,19H2,1-2H3,(H,39,40). The number of carbonyl (C=O) groups is 1. The van der Waals surface area contributed by atoms with Crippen molar-refractivity contribution in [2.45, 2.75) is 39.5 Å².